The van der Waals surface area contributed by atoms with Crippen molar-refractivity contribution in [1.29, 1.82) is 5.26 Å². The van der Waals surface area contributed by atoms with Crippen LogP contribution in [0.2, 0.25) is 5.02 Å². The van der Waals surface area contributed by atoms with E-state index in [1.54, 1.807) is 19.1 Å². The average Bonchev–Trinajstić information content (AvgIpc) is 2.41. The van der Waals surface area contributed by atoms with Crippen molar-refractivity contribution in [1.82, 2.24) is 0 Å². The maximum absolute atomic E-state index is 13.9. The molecule has 0 aromatic heterocycles. The van der Waals surface area contributed by atoms with Gasteiger partial charge in [-0.25, -0.2) is 8.78 Å². The van der Waals surface area contributed by atoms with E-state index in [2.05, 4.69) is 0 Å². The van der Waals surface area contributed by atoms with Crippen LogP contribution in [0.3, 0.4) is 0 Å². The summed E-state index contributed by atoms with van der Waals surface area (Å²) in [5.74, 6) is -1.03. The number of nitrogens with zero attached hydrogens (tertiary/aromatic N) is 1. The van der Waals surface area contributed by atoms with Gasteiger partial charge in [0.05, 0.1) is 11.6 Å². The van der Waals surface area contributed by atoms with Crippen LogP contribution in [0.4, 0.5) is 8.78 Å². The number of aryl methyl sites for hydroxylation is 1. The molecular weight excluding hydrogens is 280 g/mol. The first kappa shape index (κ1) is 14.2. The van der Waals surface area contributed by atoms with Crippen LogP contribution in [0.1, 0.15) is 16.7 Å². The smallest absolute Gasteiger partial charge is 0.133 e. The van der Waals surface area contributed by atoms with Crippen molar-refractivity contribution in [2.75, 3.05) is 0 Å². The molecule has 0 aliphatic carbocycles. The summed E-state index contributed by atoms with van der Waals surface area (Å²) in [4.78, 5) is 0. The molecule has 0 aliphatic rings. The zero-order chi connectivity index (χ0) is 14.7. The van der Waals surface area contributed by atoms with Crippen LogP contribution in [-0.2, 0) is 0 Å². The first-order valence-electron chi connectivity index (χ1n) is 5.85. The predicted octanol–water partition coefficient (Wildman–Crippen LogP) is 4.99. The maximum atomic E-state index is 13.9. The van der Waals surface area contributed by atoms with Crippen molar-refractivity contribution in [3.05, 3.63) is 69.7 Å². The lowest BCUT2D eigenvalue weighted by Crippen LogP contribution is -1.91. The highest BCUT2D eigenvalue weighted by Gasteiger charge is 2.10. The Kier molecular flexibility index (Phi) is 4.16. The molecule has 100 valence electrons. The van der Waals surface area contributed by atoms with Gasteiger partial charge in [0.25, 0.3) is 0 Å². The zero-order valence-electron chi connectivity index (χ0n) is 10.6. The van der Waals surface area contributed by atoms with Gasteiger partial charge in [-0.15, -0.1) is 0 Å². The van der Waals surface area contributed by atoms with Crippen LogP contribution in [0.5, 0.6) is 0 Å². The van der Waals surface area contributed by atoms with Crippen LogP contribution >= 0.6 is 11.6 Å². The standard InChI is InChI=1S/C16H10ClF2N/c1-10-3-2-4-11(16(10)19)7-12(9-20)14-6-5-13(17)8-15(14)18/h2-8H,1H3. The molecule has 0 fully saturated rings. The van der Waals surface area contributed by atoms with Crippen molar-refractivity contribution in [2.24, 2.45) is 0 Å². The summed E-state index contributed by atoms with van der Waals surface area (Å²) in [7, 11) is 0. The third-order valence-corrected chi connectivity index (χ3v) is 3.10. The quantitative estimate of drug-likeness (QED) is 0.564. The second-order valence-corrected chi connectivity index (χ2v) is 4.71. The maximum Gasteiger partial charge on any atom is 0.133 e. The van der Waals surface area contributed by atoms with Gasteiger partial charge in [-0.05, 0) is 36.8 Å². The molecule has 0 radical (unpaired) electrons. The van der Waals surface area contributed by atoms with Crippen molar-refractivity contribution < 1.29 is 8.78 Å². The Bertz CT molecular complexity index is 730. The van der Waals surface area contributed by atoms with Crippen LogP contribution in [-0.4, -0.2) is 0 Å². The van der Waals surface area contributed by atoms with E-state index in [-0.39, 0.29) is 21.7 Å². The molecular formula is C16H10ClF2N. The van der Waals surface area contributed by atoms with E-state index < -0.39 is 11.6 Å². The Morgan fingerprint density at radius 3 is 2.65 bits per heavy atom. The van der Waals surface area contributed by atoms with Crippen molar-refractivity contribution in [3.8, 4) is 6.07 Å². The molecule has 0 spiro atoms. The molecule has 2 rings (SSSR count). The molecule has 0 bridgehead atoms. The summed E-state index contributed by atoms with van der Waals surface area (Å²) in [6.45, 7) is 1.63. The Morgan fingerprint density at radius 2 is 2.00 bits per heavy atom. The molecule has 0 aliphatic heterocycles. The van der Waals surface area contributed by atoms with Gasteiger partial charge in [-0.1, -0.05) is 29.8 Å². The third kappa shape index (κ3) is 2.87. The topological polar surface area (TPSA) is 23.8 Å². The second-order valence-electron chi connectivity index (χ2n) is 4.27. The minimum absolute atomic E-state index is 0.0451. The first-order chi connectivity index (χ1) is 9.52. The fourth-order valence-corrected chi connectivity index (χ4v) is 1.97. The third-order valence-electron chi connectivity index (χ3n) is 2.86. The summed E-state index contributed by atoms with van der Waals surface area (Å²) in [6, 6.07) is 10.7. The minimum Gasteiger partial charge on any atom is -0.206 e. The van der Waals surface area contributed by atoms with E-state index in [0.717, 1.165) is 6.07 Å². The highest BCUT2D eigenvalue weighted by Crippen LogP contribution is 2.24. The Morgan fingerprint density at radius 1 is 1.25 bits per heavy atom. The molecule has 0 atom stereocenters. The normalized spacial score (nSPS) is 11.2. The van der Waals surface area contributed by atoms with Gasteiger partial charge in [0, 0.05) is 16.1 Å². The fraction of sp³-hybridized carbons (Fsp3) is 0.0625. The van der Waals surface area contributed by atoms with Gasteiger partial charge in [0.1, 0.15) is 11.6 Å². The summed E-state index contributed by atoms with van der Waals surface area (Å²) >= 11 is 5.67. The highest BCUT2D eigenvalue weighted by atomic mass is 35.5. The highest BCUT2D eigenvalue weighted by molar-refractivity contribution is 6.30. The lowest BCUT2D eigenvalue weighted by molar-refractivity contribution is 0.615. The molecule has 0 heterocycles. The van der Waals surface area contributed by atoms with Gasteiger partial charge in [-0.3, -0.25) is 0 Å². The molecule has 4 heteroatoms. The van der Waals surface area contributed by atoms with E-state index in [4.69, 9.17) is 16.9 Å². The number of hydrogen-bond donors (Lipinski definition) is 0. The fourth-order valence-electron chi connectivity index (χ4n) is 1.82. The number of rotatable bonds is 2. The molecule has 2 aromatic rings. The van der Waals surface area contributed by atoms with Crippen LogP contribution in [0.15, 0.2) is 36.4 Å². The van der Waals surface area contributed by atoms with Crippen molar-refractivity contribution in [3.63, 3.8) is 0 Å². The number of halogens is 3. The van der Waals surface area contributed by atoms with Gasteiger partial charge in [0.2, 0.25) is 0 Å². The van der Waals surface area contributed by atoms with Gasteiger partial charge < -0.3 is 0 Å². The Labute approximate surface area is 120 Å². The van der Waals surface area contributed by atoms with Crippen LogP contribution in [0, 0.1) is 29.9 Å². The largest absolute Gasteiger partial charge is 0.206 e. The monoisotopic (exact) mass is 289 g/mol. The molecule has 0 N–H and O–H groups in total. The molecule has 1 nitrogen and oxygen atoms in total. The lowest BCUT2D eigenvalue weighted by Gasteiger charge is -2.04. The van der Waals surface area contributed by atoms with Crippen LogP contribution in [0.25, 0.3) is 11.6 Å². The molecule has 0 amide bonds. The number of hydrogen-bond acceptors (Lipinski definition) is 1. The van der Waals surface area contributed by atoms with E-state index in [1.807, 2.05) is 6.07 Å². The average molecular weight is 290 g/mol. The number of nitriles is 1. The summed E-state index contributed by atoms with van der Waals surface area (Å²) in [5, 5.41) is 9.40. The molecule has 0 saturated heterocycles. The van der Waals surface area contributed by atoms with E-state index in [0.29, 0.717) is 5.56 Å². The van der Waals surface area contributed by atoms with Crippen molar-refractivity contribution in [2.45, 2.75) is 6.92 Å². The molecule has 2 aromatic carbocycles. The first-order valence-corrected chi connectivity index (χ1v) is 6.23. The molecule has 0 saturated carbocycles. The second kappa shape index (κ2) is 5.85. The zero-order valence-corrected chi connectivity index (χ0v) is 11.4. The van der Waals surface area contributed by atoms with Crippen LogP contribution < -0.4 is 0 Å². The van der Waals surface area contributed by atoms with E-state index >= 15 is 0 Å². The van der Waals surface area contributed by atoms with E-state index in [1.165, 1.54) is 24.3 Å². The van der Waals surface area contributed by atoms with Gasteiger partial charge in [0.15, 0.2) is 0 Å². The number of allylic oxidation sites excluding steroid dienone is 1. The van der Waals surface area contributed by atoms with Gasteiger partial charge >= 0.3 is 0 Å². The molecule has 20 heavy (non-hydrogen) atoms. The molecule has 0 unspecified atom stereocenters. The SMILES string of the molecule is Cc1cccc(C=C(C#N)c2ccc(Cl)cc2F)c1F. The lowest BCUT2D eigenvalue weighted by atomic mass is 10.0. The Balaban J connectivity index is 2.55. The summed E-state index contributed by atoms with van der Waals surface area (Å²) in [5.41, 5.74) is 0.852. The van der Waals surface area contributed by atoms with E-state index in [9.17, 15) is 8.78 Å². The summed E-state index contributed by atoms with van der Waals surface area (Å²) in [6.07, 6.45) is 1.33. The number of benzene rings is 2. The predicted molar refractivity (Wildman–Crippen MR) is 76.0 cm³/mol. The minimum atomic E-state index is -0.613. The Hall–Kier alpha value is -2.18. The van der Waals surface area contributed by atoms with Gasteiger partial charge in [-0.2, -0.15) is 5.26 Å². The summed E-state index contributed by atoms with van der Waals surface area (Å²) < 4.78 is 27.7. The van der Waals surface area contributed by atoms with Crippen molar-refractivity contribution >= 4 is 23.3 Å².